The van der Waals surface area contributed by atoms with Crippen LogP contribution in [0.15, 0.2) is 42.1 Å². The monoisotopic (exact) mass is 442 g/mol. The predicted molar refractivity (Wildman–Crippen MR) is 122 cm³/mol. The maximum absolute atomic E-state index is 13.6. The van der Waals surface area contributed by atoms with E-state index in [1.54, 1.807) is 18.2 Å². The maximum Gasteiger partial charge on any atom is 0.282 e. The van der Waals surface area contributed by atoms with Crippen LogP contribution in [0.4, 0.5) is 5.69 Å². The van der Waals surface area contributed by atoms with Crippen LogP contribution in [0.3, 0.4) is 0 Å². The van der Waals surface area contributed by atoms with E-state index in [0.29, 0.717) is 32.9 Å². The number of hydrogen-bond donors (Lipinski definition) is 0. The van der Waals surface area contributed by atoms with E-state index >= 15 is 0 Å². The van der Waals surface area contributed by atoms with Gasteiger partial charge in [0.1, 0.15) is 5.70 Å². The molecule has 2 aromatic carbocycles. The van der Waals surface area contributed by atoms with E-state index in [2.05, 4.69) is 11.8 Å². The highest BCUT2D eigenvalue weighted by Gasteiger charge is 2.43. The van der Waals surface area contributed by atoms with Crippen molar-refractivity contribution in [1.29, 1.82) is 0 Å². The summed E-state index contributed by atoms with van der Waals surface area (Å²) in [5.41, 5.74) is 4.21. The van der Waals surface area contributed by atoms with Gasteiger partial charge in [-0.25, -0.2) is 4.90 Å². The summed E-state index contributed by atoms with van der Waals surface area (Å²) in [6.45, 7) is 7.69. The van der Waals surface area contributed by atoms with Gasteiger partial charge in [-0.15, -0.1) is 0 Å². The fourth-order valence-electron chi connectivity index (χ4n) is 4.44. The molecule has 1 fully saturated rings. The van der Waals surface area contributed by atoms with Gasteiger partial charge in [0.2, 0.25) is 0 Å². The Kier molecular flexibility index (Phi) is 5.65. The Hall–Kier alpha value is -2.30. The quantitative estimate of drug-likeness (QED) is 0.578. The summed E-state index contributed by atoms with van der Waals surface area (Å²) in [4.78, 5) is 30.6. The summed E-state index contributed by atoms with van der Waals surface area (Å²) < 4.78 is 0. The second-order valence-electron chi connectivity index (χ2n) is 8.31. The van der Waals surface area contributed by atoms with Crippen LogP contribution in [0.5, 0.6) is 0 Å². The number of likely N-dealkylation sites (tertiary alicyclic amines) is 1. The zero-order chi connectivity index (χ0) is 21.6. The average Bonchev–Trinajstić information content (AvgIpc) is 2.91. The number of carbonyl (C=O) groups excluding carboxylic acids is 2. The molecule has 0 spiro atoms. The van der Waals surface area contributed by atoms with Crippen molar-refractivity contribution in [2.24, 2.45) is 5.92 Å². The number of piperidine rings is 1. The minimum absolute atomic E-state index is 0.317. The van der Waals surface area contributed by atoms with Crippen molar-refractivity contribution >= 4 is 46.3 Å². The SMILES string of the molecule is Cc1ccc(C2=C(N3CCCC(C)C3)C(=O)N(c3cc(Cl)cc(Cl)c3)C2=O)c(C)c1. The van der Waals surface area contributed by atoms with Gasteiger partial charge in [-0.05, 0) is 61.9 Å². The van der Waals surface area contributed by atoms with Crippen LogP contribution in [0.1, 0.15) is 36.5 Å². The van der Waals surface area contributed by atoms with Gasteiger partial charge in [-0.2, -0.15) is 0 Å². The van der Waals surface area contributed by atoms with Crippen molar-refractivity contribution in [1.82, 2.24) is 4.90 Å². The lowest BCUT2D eigenvalue weighted by Gasteiger charge is -2.33. The maximum atomic E-state index is 13.6. The van der Waals surface area contributed by atoms with Crippen LogP contribution in [-0.2, 0) is 9.59 Å². The smallest absolute Gasteiger partial charge is 0.282 e. The lowest BCUT2D eigenvalue weighted by Crippen LogP contribution is -2.39. The molecule has 0 bridgehead atoms. The van der Waals surface area contributed by atoms with Crippen molar-refractivity contribution in [3.05, 3.63) is 68.8 Å². The lowest BCUT2D eigenvalue weighted by molar-refractivity contribution is -0.120. The van der Waals surface area contributed by atoms with E-state index in [4.69, 9.17) is 23.2 Å². The fourth-order valence-corrected chi connectivity index (χ4v) is 4.96. The molecule has 0 saturated carbocycles. The number of rotatable bonds is 3. The Labute approximate surface area is 187 Å². The molecular weight excluding hydrogens is 419 g/mol. The highest BCUT2D eigenvalue weighted by molar-refractivity contribution is 6.46. The van der Waals surface area contributed by atoms with Crippen LogP contribution in [0.2, 0.25) is 10.0 Å². The van der Waals surface area contributed by atoms with Gasteiger partial charge in [0.15, 0.2) is 0 Å². The summed E-state index contributed by atoms with van der Waals surface area (Å²) in [5.74, 6) is -0.190. The molecule has 0 aromatic heterocycles. The largest absolute Gasteiger partial charge is 0.366 e. The number of halogens is 2. The van der Waals surface area contributed by atoms with Crippen LogP contribution in [0.25, 0.3) is 5.57 Å². The van der Waals surface area contributed by atoms with Crippen molar-refractivity contribution in [2.45, 2.75) is 33.6 Å². The van der Waals surface area contributed by atoms with Crippen molar-refractivity contribution in [3.63, 3.8) is 0 Å². The zero-order valence-electron chi connectivity index (χ0n) is 17.3. The zero-order valence-corrected chi connectivity index (χ0v) is 18.8. The van der Waals surface area contributed by atoms with Gasteiger partial charge >= 0.3 is 0 Å². The Morgan fingerprint density at radius 3 is 2.30 bits per heavy atom. The van der Waals surface area contributed by atoms with E-state index in [-0.39, 0.29) is 11.8 Å². The second kappa shape index (κ2) is 8.09. The summed E-state index contributed by atoms with van der Waals surface area (Å²) in [6.07, 6.45) is 2.12. The lowest BCUT2D eigenvalue weighted by atomic mass is 9.95. The first-order chi connectivity index (χ1) is 14.3. The summed E-state index contributed by atoms with van der Waals surface area (Å²) >= 11 is 12.3. The van der Waals surface area contributed by atoms with E-state index in [1.165, 1.54) is 4.90 Å². The highest BCUT2D eigenvalue weighted by atomic mass is 35.5. The Bertz CT molecular complexity index is 1060. The molecule has 6 heteroatoms. The van der Waals surface area contributed by atoms with Crippen molar-refractivity contribution in [3.8, 4) is 0 Å². The third-order valence-electron chi connectivity index (χ3n) is 5.79. The molecule has 156 valence electrons. The van der Waals surface area contributed by atoms with Gasteiger partial charge in [-0.3, -0.25) is 9.59 Å². The van der Waals surface area contributed by atoms with Crippen molar-refractivity contribution < 1.29 is 9.59 Å². The molecule has 2 amide bonds. The normalized spacial score (nSPS) is 19.8. The minimum Gasteiger partial charge on any atom is -0.366 e. The van der Waals surface area contributed by atoms with Gasteiger partial charge in [0.25, 0.3) is 11.8 Å². The number of carbonyl (C=O) groups is 2. The van der Waals surface area contributed by atoms with E-state index in [0.717, 1.165) is 42.6 Å². The molecule has 2 heterocycles. The molecule has 0 radical (unpaired) electrons. The molecule has 0 aliphatic carbocycles. The van der Waals surface area contributed by atoms with E-state index in [9.17, 15) is 9.59 Å². The molecule has 30 heavy (non-hydrogen) atoms. The Morgan fingerprint density at radius 1 is 0.967 bits per heavy atom. The van der Waals surface area contributed by atoms with Crippen LogP contribution in [0, 0.1) is 19.8 Å². The average molecular weight is 443 g/mol. The number of nitrogens with zero attached hydrogens (tertiary/aromatic N) is 2. The molecule has 2 aliphatic heterocycles. The van der Waals surface area contributed by atoms with E-state index < -0.39 is 0 Å². The number of anilines is 1. The summed E-state index contributed by atoms with van der Waals surface area (Å²) in [6, 6.07) is 10.7. The first-order valence-electron chi connectivity index (χ1n) is 10.2. The summed E-state index contributed by atoms with van der Waals surface area (Å²) in [5, 5.41) is 0.762. The van der Waals surface area contributed by atoms with Crippen LogP contribution < -0.4 is 4.90 Å². The number of imide groups is 1. The summed E-state index contributed by atoms with van der Waals surface area (Å²) in [7, 11) is 0. The predicted octanol–water partition coefficient (Wildman–Crippen LogP) is 5.63. The fraction of sp³-hybridized carbons (Fsp3) is 0.333. The third-order valence-corrected chi connectivity index (χ3v) is 6.23. The first kappa shape index (κ1) is 21.0. The number of amides is 2. The molecule has 1 atom stereocenters. The Balaban J connectivity index is 1.88. The standard InChI is InChI=1S/C24H24Cl2N2O2/c1-14-6-7-20(16(3)9-14)21-22(27-8-4-5-15(2)13-27)24(30)28(23(21)29)19-11-17(25)10-18(26)12-19/h6-7,9-12,15H,4-5,8,13H2,1-3H3. The van der Waals surface area contributed by atoms with Crippen LogP contribution in [-0.4, -0.2) is 29.8 Å². The molecule has 2 aliphatic rings. The number of aryl methyl sites for hydroxylation is 2. The van der Waals surface area contributed by atoms with E-state index in [1.807, 2.05) is 32.0 Å². The Morgan fingerprint density at radius 2 is 1.67 bits per heavy atom. The topological polar surface area (TPSA) is 40.6 Å². The molecule has 1 unspecified atom stereocenters. The van der Waals surface area contributed by atoms with Crippen molar-refractivity contribution in [2.75, 3.05) is 18.0 Å². The third kappa shape index (κ3) is 3.75. The van der Waals surface area contributed by atoms with Gasteiger partial charge in [0.05, 0.1) is 11.3 Å². The second-order valence-corrected chi connectivity index (χ2v) is 9.18. The highest BCUT2D eigenvalue weighted by Crippen LogP contribution is 2.39. The molecule has 4 nitrogen and oxygen atoms in total. The molecule has 4 rings (SSSR count). The molecule has 2 aromatic rings. The molecule has 1 saturated heterocycles. The molecular formula is C24H24Cl2N2O2. The first-order valence-corrected chi connectivity index (χ1v) is 10.9. The number of hydrogen-bond acceptors (Lipinski definition) is 3. The minimum atomic E-state index is -0.335. The van der Waals surface area contributed by atoms with Gasteiger partial charge in [0, 0.05) is 23.1 Å². The molecule has 0 N–H and O–H groups in total. The van der Waals surface area contributed by atoms with Crippen LogP contribution >= 0.6 is 23.2 Å². The number of benzene rings is 2. The van der Waals surface area contributed by atoms with Gasteiger partial charge in [-0.1, -0.05) is 53.9 Å². The van der Waals surface area contributed by atoms with Gasteiger partial charge < -0.3 is 4.90 Å².